The number of halogens is 1. The van der Waals surface area contributed by atoms with Crippen LogP contribution in [0.3, 0.4) is 0 Å². The zero-order valence-corrected chi connectivity index (χ0v) is 15.5. The van der Waals surface area contributed by atoms with E-state index in [4.69, 9.17) is 16.3 Å². The summed E-state index contributed by atoms with van der Waals surface area (Å²) < 4.78 is 6.87. The number of aromatic nitrogens is 2. The average Bonchev–Trinajstić information content (AvgIpc) is 2.95. The third kappa shape index (κ3) is 3.81. The maximum absolute atomic E-state index is 12.3. The number of carbonyl (C=O) groups excluding carboxylic acids is 1. The smallest absolute Gasteiger partial charge is 0.323 e. The van der Waals surface area contributed by atoms with Crippen molar-refractivity contribution in [1.82, 2.24) is 9.78 Å². The van der Waals surface area contributed by atoms with Gasteiger partial charge in [0, 0.05) is 30.1 Å². The van der Waals surface area contributed by atoms with Gasteiger partial charge in [0.05, 0.1) is 24.0 Å². The summed E-state index contributed by atoms with van der Waals surface area (Å²) in [5.41, 5.74) is 4.05. The van der Waals surface area contributed by atoms with Gasteiger partial charge in [-0.2, -0.15) is 5.10 Å². The Morgan fingerprint density at radius 1 is 1.15 bits per heavy atom. The summed E-state index contributed by atoms with van der Waals surface area (Å²) in [5, 5.41) is 10.3. The molecule has 0 bridgehead atoms. The molecule has 0 atom stereocenters. The van der Waals surface area contributed by atoms with E-state index in [1.165, 1.54) is 0 Å². The summed E-state index contributed by atoms with van der Waals surface area (Å²) in [6, 6.07) is 12.5. The van der Waals surface area contributed by atoms with Crippen LogP contribution in [0.5, 0.6) is 5.75 Å². The number of hydrogen-bond acceptors (Lipinski definition) is 3. The first-order valence-corrected chi connectivity index (χ1v) is 8.36. The van der Waals surface area contributed by atoms with E-state index in [0.717, 1.165) is 16.8 Å². The Hall–Kier alpha value is -2.99. The third-order valence-electron chi connectivity index (χ3n) is 3.97. The van der Waals surface area contributed by atoms with Crippen LogP contribution in [0.4, 0.5) is 16.2 Å². The lowest BCUT2D eigenvalue weighted by atomic mass is 10.0. The van der Waals surface area contributed by atoms with Crippen LogP contribution in [0, 0.1) is 6.92 Å². The summed E-state index contributed by atoms with van der Waals surface area (Å²) in [5.74, 6) is 0.672. The van der Waals surface area contributed by atoms with Gasteiger partial charge >= 0.3 is 6.03 Å². The molecule has 6 nitrogen and oxygen atoms in total. The highest BCUT2D eigenvalue weighted by molar-refractivity contribution is 6.33. The normalized spacial score (nSPS) is 10.5. The number of aryl methyl sites for hydroxylation is 2. The predicted molar refractivity (Wildman–Crippen MR) is 104 cm³/mol. The number of carbonyl (C=O) groups is 1. The van der Waals surface area contributed by atoms with Gasteiger partial charge in [-0.3, -0.25) is 4.68 Å². The van der Waals surface area contributed by atoms with Gasteiger partial charge in [-0.05, 0) is 36.8 Å². The summed E-state index contributed by atoms with van der Waals surface area (Å²) in [4.78, 5) is 12.3. The van der Waals surface area contributed by atoms with Gasteiger partial charge in [-0.25, -0.2) is 4.79 Å². The topological polar surface area (TPSA) is 68.2 Å². The Kier molecular flexibility index (Phi) is 5.14. The molecule has 134 valence electrons. The fourth-order valence-corrected chi connectivity index (χ4v) is 2.93. The maximum Gasteiger partial charge on any atom is 0.323 e. The molecule has 0 aliphatic carbocycles. The zero-order chi connectivity index (χ0) is 18.7. The highest BCUT2D eigenvalue weighted by Gasteiger charge is 2.13. The Morgan fingerprint density at radius 3 is 2.54 bits per heavy atom. The first-order valence-electron chi connectivity index (χ1n) is 7.98. The van der Waals surface area contributed by atoms with Crippen molar-refractivity contribution >= 4 is 29.0 Å². The molecule has 0 radical (unpaired) electrons. The summed E-state index contributed by atoms with van der Waals surface area (Å²) in [6.45, 7) is 1.98. The van der Waals surface area contributed by atoms with Crippen molar-refractivity contribution in [2.24, 2.45) is 7.05 Å². The highest BCUT2D eigenvalue weighted by atomic mass is 35.5. The molecule has 0 spiro atoms. The second-order valence-electron chi connectivity index (χ2n) is 5.81. The molecule has 0 aliphatic rings. The van der Waals surface area contributed by atoms with E-state index < -0.39 is 0 Å². The first kappa shape index (κ1) is 17.8. The van der Waals surface area contributed by atoms with Crippen LogP contribution in [0.25, 0.3) is 11.3 Å². The highest BCUT2D eigenvalue weighted by Crippen LogP contribution is 2.31. The number of anilines is 2. The Balaban J connectivity index is 1.80. The molecule has 2 N–H and O–H groups in total. The quantitative estimate of drug-likeness (QED) is 0.699. The summed E-state index contributed by atoms with van der Waals surface area (Å²) in [7, 11) is 3.41. The van der Waals surface area contributed by atoms with Crippen LogP contribution in [0.2, 0.25) is 5.02 Å². The molecule has 3 rings (SSSR count). The fourth-order valence-electron chi connectivity index (χ4n) is 2.66. The van der Waals surface area contributed by atoms with Gasteiger partial charge in [-0.1, -0.05) is 23.7 Å². The van der Waals surface area contributed by atoms with Crippen molar-refractivity contribution in [3.8, 4) is 17.0 Å². The van der Waals surface area contributed by atoms with Crippen molar-refractivity contribution < 1.29 is 9.53 Å². The monoisotopic (exact) mass is 370 g/mol. The van der Waals surface area contributed by atoms with Gasteiger partial charge < -0.3 is 15.4 Å². The summed E-state index contributed by atoms with van der Waals surface area (Å²) >= 11 is 6.25. The lowest BCUT2D eigenvalue weighted by molar-refractivity contribution is 0.262. The standard InChI is InChI=1S/C19H19ClN4O2/c1-12-7-8-14(10-16(12)18-17(20)11-21-24(18)2)23-19(25)22-13-5-4-6-15(9-13)26-3/h4-11H,1-3H3,(H2,22,23,25). The lowest BCUT2D eigenvalue weighted by Gasteiger charge is -2.12. The molecule has 7 heteroatoms. The van der Waals surface area contributed by atoms with Crippen LogP contribution < -0.4 is 15.4 Å². The largest absolute Gasteiger partial charge is 0.497 e. The van der Waals surface area contributed by atoms with E-state index in [1.54, 1.807) is 30.1 Å². The minimum Gasteiger partial charge on any atom is -0.497 e. The van der Waals surface area contributed by atoms with E-state index in [1.807, 2.05) is 44.3 Å². The van der Waals surface area contributed by atoms with Crippen LogP contribution in [0.15, 0.2) is 48.7 Å². The zero-order valence-electron chi connectivity index (χ0n) is 14.7. The number of benzene rings is 2. The van der Waals surface area contributed by atoms with E-state index >= 15 is 0 Å². The van der Waals surface area contributed by atoms with Crippen molar-refractivity contribution in [3.63, 3.8) is 0 Å². The Labute approximate surface area is 156 Å². The first-order chi connectivity index (χ1) is 12.5. The molecule has 0 saturated heterocycles. The minimum atomic E-state index is -0.343. The van der Waals surface area contributed by atoms with Crippen molar-refractivity contribution in [1.29, 1.82) is 0 Å². The summed E-state index contributed by atoms with van der Waals surface area (Å²) in [6.07, 6.45) is 1.60. The number of urea groups is 1. The number of rotatable bonds is 4. The molecule has 0 saturated carbocycles. The van der Waals surface area contributed by atoms with E-state index in [9.17, 15) is 4.79 Å². The van der Waals surface area contributed by atoms with Crippen LogP contribution >= 0.6 is 11.6 Å². The number of ether oxygens (including phenoxy) is 1. The number of nitrogens with zero attached hydrogens (tertiary/aromatic N) is 2. The van der Waals surface area contributed by atoms with Gasteiger partial charge in [0.1, 0.15) is 5.75 Å². The number of methoxy groups -OCH3 is 1. The van der Waals surface area contributed by atoms with Crippen LogP contribution in [0.1, 0.15) is 5.56 Å². The SMILES string of the molecule is COc1cccc(NC(=O)Nc2ccc(C)c(-c3c(Cl)cnn3C)c2)c1. The fraction of sp³-hybridized carbons (Fsp3) is 0.158. The number of nitrogens with one attached hydrogen (secondary N) is 2. The second-order valence-corrected chi connectivity index (χ2v) is 6.21. The van der Waals surface area contributed by atoms with E-state index in [-0.39, 0.29) is 6.03 Å². The minimum absolute atomic E-state index is 0.343. The molecule has 1 heterocycles. The molecular weight excluding hydrogens is 352 g/mol. The molecule has 0 aliphatic heterocycles. The second kappa shape index (κ2) is 7.49. The molecule has 3 aromatic rings. The third-order valence-corrected chi connectivity index (χ3v) is 4.25. The Morgan fingerprint density at radius 2 is 1.88 bits per heavy atom. The van der Waals surface area contributed by atoms with Crippen LogP contribution in [-0.4, -0.2) is 22.9 Å². The number of amides is 2. The Bertz CT molecular complexity index is 933. The van der Waals surface area contributed by atoms with Gasteiger partial charge in [-0.15, -0.1) is 0 Å². The van der Waals surface area contributed by atoms with Crippen molar-refractivity contribution in [2.45, 2.75) is 6.92 Å². The molecule has 26 heavy (non-hydrogen) atoms. The number of hydrogen-bond donors (Lipinski definition) is 2. The van der Waals surface area contributed by atoms with E-state index in [2.05, 4.69) is 15.7 Å². The van der Waals surface area contributed by atoms with E-state index in [0.29, 0.717) is 22.1 Å². The van der Waals surface area contributed by atoms with Crippen LogP contribution in [-0.2, 0) is 7.05 Å². The predicted octanol–water partition coefficient (Wildman–Crippen LogP) is 4.70. The molecule has 2 amide bonds. The lowest BCUT2D eigenvalue weighted by Crippen LogP contribution is -2.19. The van der Waals surface area contributed by atoms with Crippen molar-refractivity contribution in [3.05, 3.63) is 59.2 Å². The van der Waals surface area contributed by atoms with Gasteiger partial charge in [0.25, 0.3) is 0 Å². The van der Waals surface area contributed by atoms with Gasteiger partial charge in [0.2, 0.25) is 0 Å². The maximum atomic E-state index is 12.3. The molecule has 1 aromatic heterocycles. The van der Waals surface area contributed by atoms with Crippen molar-refractivity contribution in [2.75, 3.05) is 17.7 Å². The molecule has 0 fully saturated rings. The molecule has 2 aromatic carbocycles. The van der Waals surface area contributed by atoms with Gasteiger partial charge in [0.15, 0.2) is 0 Å². The molecule has 0 unspecified atom stereocenters. The average molecular weight is 371 g/mol. The molecular formula is C19H19ClN4O2.